The molecule has 2 aliphatic carbocycles. The number of aromatic hydroxyl groups is 1. The van der Waals surface area contributed by atoms with Gasteiger partial charge >= 0.3 is 0 Å². The number of para-hydroxylation sites is 1. The van der Waals surface area contributed by atoms with Gasteiger partial charge in [-0.25, -0.2) is 0 Å². The van der Waals surface area contributed by atoms with Gasteiger partial charge in [-0.15, -0.1) is 0 Å². The van der Waals surface area contributed by atoms with E-state index in [1.54, 1.807) is 6.07 Å². The zero-order valence-electron chi connectivity index (χ0n) is 13.0. The van der Waals surface area contributed by atoms with Crippen molar-refractivity contribution in [1.29, 1.82) is 0 Å². The van der Waals surface area contributed by atoms with E-state index in [1.807, 2.05) is 18.2 Å². The van der Waals surface area contributed by atoms with Crippen molar-refractivity contribution < 1.29 is 9.84 Å². The molecule has 1 spiro atoms. The lowest BCUT2D eigenvalue weighted by atomic mass is 9.55. The van der Waals surface area contributed by atoms with Gasteiger partial charge in [-0.05, 0) is 32.3 Å². The summed E-state index contributed by atoms with van der Waals surface area (Å²) in [6, 6.07) is 8.15. The zero-order valence-corrected chi connectivity index (χ0v) is 13.0. The van der Waals surface area contributed by atoms with Crippen LogP contribution in [0, 0.1) is 5.41 Å². The molecule has 0 heterocycles. The molecule has 0 bridgehead atoms. The fraction of sp³-hybridized carbons (Fsp3) is 0.667. The third kappa shape index (κ3) is 2.82. The van der Waals surface area contributed by atoms with Crippen LogP contribution >= 0.6 is 0 Å². The molecule has 21 heavy (non-hydrogen) atoms. The average Bonchev–Trinajstić information content (AvgIpc) is 2.52. The molecule has 3 rings (SSSR count). The lowest BCUT2D eigenvalue weighted by Crippen LogP contribution is -2.64. The maximum absolute atomic E-state index is 9.89. The Bertz CT molecular complexity index is 468. The van der Waals surface area contributed by atoms with E-state index in [2.05, 4.69) is 12.2 Å². The number of rotatable bonds is 5. The molecule has 116 valence electrons. The summed E-state index contributed by atoms with van der Waals surface area (Å²) in [6.07, 6.45) is 8.15. The maximum atomic E-state index is 9.89. The number of ether oxygens (including phenoxy) is 1. The van der Waals surface area contributed by atoms with E-state index in [9.17, 15) is 5.11 Å². The van der Waals surface area contributed by atoms with Crippen molar-refractivity contribution in [1.82, 2.24) is 5.32 Å². The van der Waals surface area contributed by atoms with Crippen molar-refractivity contribution >= 4 is 0 Å². The van der Waals surface area contributed by atoms with Crippen LogP contribution in [0.4, 0.5) is 0 Å². The smallest absolute Gasteiger partial charge is 0.120 e. The third-order valence-corrected chi connectivity index (χ3v) is 5.47. The molecule has 0 aromatic heterocycles. The molecule has 3 heteroatoms. The summed E-state index contributed by atoms with van der Waals surface area (Å²) in [7, 11) is 0. The molecular weight excluding hydrogens is 262 g/mol. The first-order chi connectivity index (χ1) is 10.3. The monoisotopic (exact) mass is 289 g/mol. The molecule has 1 aromatic carbocycles. The number of phenolic OH excluding ortho intramolecular Hbond substituents is 1. The highest BCUT2D eigenvalue weighted by molar-refractivity contribution is 5.31. The summed E-state index contributed by atoms with van der Waals surface area (Å²) in [5.41, 5.74) is 1.34. The van der Waals surface area contributed by atoms with E-state index in [0.717, 1.165) is 25.1 Å². The van der Waals surface area contributed by atoms with E-state index in [1.165, 1.54) is 32.1 Å². The van der Waals surface area contributed by atoms with Gasteiger partial charge in [0.25, 0.3) is 0 Å². The highest BCUT2D eigenvalue weighted by Crippen LogP contribution is 2.53. The number of hydrogen-bond donors (Lipinski definition) is 2. The first-order valence-corrected chi connectivity index (χ1v) is 8.38. The number of benzene rings is 1. The lowest BCUT2D eigenvalue weighted by molar-refractivity contribution is -0.150. The molecule has 2 saturated carbocycles. The van der Waals surface area contributed by atoms with Crippen molar-refractivity contribution in [3.63, 3.8) is 0 Å². The summed E-state index contributed by atoms with van der Waals surface area (Å²) in [5, 5.41) is 13.6. The van der Waals surface area contributed by atoms with Crippen LogP contribution in [0.2, 0.25) is 0 Å². The average molecular weight is 289 g/mol. The van der Waals surface area contributed by atoms with Gasteiger partial charge in [-0.1, -0.05) is 37.5 Å². The van der Waals surface area contributed by atoms with E-state index in [4.69, 9.17) is 4.74 Å². The van der Waals surface area contributed by atoms with Crippen LogP contribution in [0.15, 0.2) is 24.3 Å². The predicted octanol–water partition coefficient (Wildman–Crippen LogP) is 3.61. The highest BCUT2D eigenvalue weighted by Gasteiger charge is 2.55. The molecule has 0 aliphatic heterocycles. The highest BCUT2D eigenvalue weighted by atomic mass is 16.5. The summed E-state index contributed by atoms with van der Waals surface area (Å²) in [6.45, 7) is 3.66. The molecule has 2 fully saturated rings. The summed E-state index contributed by atoms with van der Waals surface area (Å²) in [4.78, 5) is 0. The summed E-state index contributed by atoms with van der Waals surface area (Å²) >= 11 is 0. The Morgan fingerprint density at radius 2 is 2.00 bits per heavy atom. The van der Waals surface area contributed by atoms with E-state index < -0.39 is 0 Å². The van der Waals surface area contributed by atoms with Crippen molar-refractivity contribution in [3.05, 3.63) is 29.8 Å². The topological polar surface area (TPSA) is 41.5 Å². The van der Waals surface area contributed by atoms with Crippen LogP contribution in [-0.2, 0) is 11.3 Å². The largest absolute Gasteiger partial charge is 0.508 e. The van der Waals surface area contributed by atoms with Crippen molar-refractivity contribution in [2.45, 2.75) is 64.1 Å². The molecule has 3 nitrogen and oxygen atoms in total. The Kier molecular flexibility index (Phi) is 4.51. The van der Waals surface area contributed by atoms with Gasteiger partial charge in [0.05, 0.1) is 6.10 Å². The van der Waals surface area contributed by atoms with Gasteiger partial charge in [-0.2, -0.15) is 0 Å². The van der Waals surface area contributed by atoms with Crippen LogP contribution in [-0.4, -0.2) is 23.9 Å². The number of nitrogens with one attached hydrogen (secondary N) is 1. The van der Waals surface area contributed by atoms with E-state index in [-0.39, 0.29) is 0 Å². The number of hydrogen-bond acceptors (Lipinski definition) is 3. The van der Waals surface area contributed by atoms with Crippen LogP contribution in [0.1, 0.15) is 51.0 Å². The molecule has 0 saturated heterocycles. The zero-order chi connectivity index (χ0) is 14.7. The molecule has 0 amide bonds. The third-order valence-electron chi connectivity index (χ3n) is 5.47. The van der Waals surface area contributed by atoms with Crippen molar-refractivity contribution in [2.24, 2.45) is 5.41 Å². The summed E-state index contributed by atoms with van der Waals surface area (Å²) in [5.74, 6) is 0.392. The molecule has 2 atom stereocenters. The quantitative estimate of drug-likeness (QED) is 0.870. The van der Waals surface area contributed by atoms with E-state index >= 15 is 0 Å². The molecule has 0 radical (unpaired) electrons. The fourth-order valence-electron chi connectivity index (χ4n) is 4.24. The van der Waals surface area contributed by atoms with Crippen LogP contribution in [0.5, 0.6) is 5.75 Å². The minimum atomic E-state index is 0.346. The second-order valence-corrected chi connectivity index (χ2v) is 6.54. The Morgan fingerprint density at radius 1 is 1.24 bits per heavy atom. The van der Waals surface area contributed by atoms with E-state index in [0.29, 0.717) is 23.3 Å². The minimum absolute atomic E-state index is 0.346. The van der Waals surface area contributed by atoms with Gasteiger partial charge in [0.15, 0.2) is 0 Å². The fourth-order valence-corrected chi connectivity index (χ4v) is 4.24. The van der Waals surface area contributed by atoms with Gasteiger partial charge < -0.3 is 15.2 Å². The first-order valence-electron chi connectivity index (χ1n) is 8.38. The Morgan fingerprint density at radius 3 is 2.71 bits per heavy atom. The predicted molar refractivity (Wildman–Crippen MR) is 84.3 cm³/mol. The Labute approximate surface area is 127 Å². The maximum Gasteiger partial charge on any atom is 0.120 e. The normalized spacial score (nSPS) is 27.5. The SMILES string of the molecule is CCOC1CC(NCc2ccccc2O)C12CCCCC2. The molecule has 1 aromatic rings. The molecular formula is C18H27NO2. The lowest BCUT2D eigenvalue weighted by Gasteiger charge is -2.58. The number of phenols is 1. The second kappa shape index (κ2) is 6.37. The van der Waals surface area contributed by atoms with Crippen LogP contribution < -0.4 is 5.32 Å². The van der Waals surface area contributed by atoms with Crippen molar-refractivity contribution in [3.8, 4) is 5.75 Å². The molecule has 2 aliphatic rings. The Hall–Kier alpha value is -1.06. The Balaban J connectivity index is 1.64. The van der Waals surface area contributed by atoms with Gasteiger partial charge in [-0.3, -0.25) is 0 Å². The van der Waals surface area contributed by atoms with Crippen LogP contribution in [0.3, 0.4) is 0 Å². The van der Waals surface area contributed by atoms with Gasteiger partial charge in [0, 0.05) is 30.2 Å². The second-order valence-electron chi connectivity index (χ2n) is 6.54. The van der Waals surface area contributed by atoms with Crippen molar-refractivity contribution in [2.75, 3.05) is 6.61 Å². The standard InChI is InChI=1S/C18H27NO2/c1-2-21-17-12-16(18(17)10-6-3-7-11-18)19-13-14-8-4-5-9-15(14)20/h4-5,8-9,16-17,19-20H,2-3,6-7,10-13H2,1H3. The van der Waals surface area contributed by atoms with Crippen LogP contribution in [0.25, 0.3) is 0 Å². The minimum Gasteiger partial charge on any atom is -0.508 e. The van der Waals surface area contributed by atoms with Gasteiger partial charge in [0.2, 0.25) is 0 Å². The van der Waals surface area contributed by atoms with Gasteiger partial charge in [0.1, 0.15) is 5.75 Å². The molecule has 2 N–H and O–H groups in total. The molecule has 2 unspecified atom stereocenters. The first kappa shape index (κ1) is 14.9. The summed E-state index contributed by atoms with van der Waals surface area (Å²) < 4.78 is 5.99.